The molecule has 0 spiro atoms. The van der Waals surface area contributed by atoms with Gasteiger partial charge in [0.2, 0.25) is 0 Å². The van der Waals surface area contributed by atoms with Crippen molar-refractivity contribution in [3.63, 3.8) is 0 Å². The van der Waals surface area contributed by atoms with Gasteiger partial charge in [0.1, 0.15) is 11.5 Å². The summed E-state index contributed by atoms with van der Waals surface area (Å²) in [6.45, 7) is 0. The Morgan fingerprint density at radius 2 is 1.56 bits per heavy atom. The Labute approximate surface area is 146 Å². The molecule has 1 heterocycles. The van der Waals surface area contributed by atoms with E-state index in [4.69, 9.17) is 4.42 Å². The fraction of sp³-hybridized carbons (Fsp3) is 0. The predicted octanol–water partition coefficient (Wildman–Crippen LogP) is 6.16. The van der Waals surface area contributed by atoms with E-state index in [9.17, 15) is 5.26 Å². The molecule has 0 aliphatic rings. The molecule has 0 radical (unpaired) electrons. The highest BCUT2D eigenvalue weighted by molar-refractivity contribution is 5.93. The number of nitriles is 1. The third-order valence-corrected chi connectivity index (χ3v) is 4.15. The molecule has 0 unspecified atom stereocenters. The van der Waals surface area contributed by atoms with Crippen molar-refractivity contribution in [3.8, 4) is 17.4 Å². The van der Waals surface area contributed by atoms with Crippen LogP contribution in [0.25, 0.3) is 33.7 Å². The van der Waals surface area contributed by atoms with Gasteiger partial charge in [0, 0.05) is 5.56 Å². The van der Waals surface area contributed by atoms with E-state index in [0.717, 1.165) is 27.7 Å². The summed E-state index contributed by atoms with van der Waals surface area (Å²) in [6, 6.07) is 30.2. The molecule has 2 heteroatoms. The minimum absolute atomic E-state index is 0.583. The summed E-state index contributed by atoms with van der Waals surface area (Å²) in [7, 11) is 0. The van der Waals surface area contributed by atoms with E-state index in [0.29, 0.717) is 11.3 Å². The Kier molecular flexibility index (Phi) is 3.90. The van der Waals surface area contributed by atoms with Gasteiger partial charge >= 0.3 is 0 Å². The highest BCUT2D eigenvalue weighted by Gasteiger charge is 2.06. The zero-order valence-corrected chi connectivity index (χ0v) is 13.5. The predicted molar refractivity (Wildman–Crippen MR) is 102 cm³/mol. The molecule has 0 aliphatic carbocycles. The summed E-state index contributed by atoms with van der Waals surface area (Å²) in [4.78, 5) is 0. The van der Waals surface area contributed by atoms with Crippen LogP contribution < -0.4 is 0 Å². The summed E-state index contributed by atoms with van der Waals surface area (Å²) in [5, 5.41) is 11.9. The summed E-state index contributed by atoms with van der Waals surface area (Å²) in [6.07, 6.45) is 1.79. The van der Waals surface area contributed by atoms with Crippen molar-refractivity contribution in [3.05, 3.63) is 96.3 Å². The Balaban J connectivity index is 1.71. The smallest absolute Gasteiger partial charge is 0.134 e. The fourth-order valence-electron chi connectivity index (χ4n) is 2.87. The lowest BCUT2D eigenvalue weighted by Crippen LogP contribution is -1.82. The highest BCUT2D eigenvalue weighted by atomic mass is 16.3. The van der Waals surface area contributed by atoms with E-state index in [1.807, 2.05) is 78.9 Å². The monoisotopic (exact) mass is 321 g/mol. The van der Waals surface area contributed by atoms with Crippen LogP contribution in [-0.2, 0) is 0 Å². The Bertz CT molecular complexity index is 1100. The first-order valence-electron chi connectivity index (χ1n) is 8.10. The van der Waals surface area contributed by atoms with E-state index in [-0.39, 0.29) is 0 Å². The topological polar surface area (TPSA) is 36.9 Å². The lowest BCUT2D eigenvalue weighted by molar-refractivity contribution is 0.572. The molecule has 0 atom stereocenters. The van der Waals surface area contributed by atoms with Crippen molar-refractivity contribution in [2.24, 2.45) is 0 Å². The molecule has 0 N–H and O–H groups in total. The lowest BCUT2D eigenvalue weighted by Gasteiger charge is -2.02. The molecule has 0 saturated carbocycles. The molecule has 25 heavy (non-hydrogen) atoms. The zero-order chi connectivity index (χ0) is 17.1. The average molecular weight is 321 g/mol. The van der Waals surface area contributed by atoms with Gasteiger partial charge in [-0.2, -0.15) is 5.26 Å². The van der Waals surface area contributed by atoms with Crippen LogP contribution in [0.1, 0.15) is 11.3 Å². The van der Waals surface area contributed by atoms with Gasteiger partial charge in [0.05, 0.1) is 11.6 Å². The van der Waals surface area contributed by atoms with Crippen LogP contribution >= 0.6 is 0 Å². The molecule has 2 nitrogen and oxygen atoms in total. The molecule has 0 amide bonds. The van der Waals surface area contributed by atoms with Crippen molar-refractivity contribution in [2.45, 2.75) is 0 Å². The summed E-state index contributed by atoms with van der Waals surface area (Å²) < 4.78 is 5.88. The third kappa shape index (κ3) is 3.08. The first-order chi connectivity index (χ1) is 12.3. The molecule has 118 valence electrons. The van der Waals surface area contributed by atoms with Crippen molar-refractivity contribution < 1.29 is 4.42 Å². The van der Waals surface area contributed by atoms with Crippen molar-refractivity contribution in [2.75, 3.05) is 0 Å². The van der Waals surface area contributed by atoms with Gasteiger partial charge in [0.25, 0.3) is 0 Å². The normalized spacial score (nSPS) is 11.4. The molecule has 1 aromatic heterocycles. The molecule has 0 aliphatic heterocycles. The molecule has 0 bridgehead atoms. The molecular weight excluding hydrogens is 306 g/mol. The van der Waals surface area contributed by atoms with E-state index >= 15 is 0 Å². The second-order valence-electron chi connectivity index (χ2n) is 5.80. The molecule has 0 fully saturated rings. The first-order valence-corrected chi connectivity index (χ1v) is 8.10. The Morgan fingerprint density at radius 3 is 2.36 bits per heavy atom. The quantitative estimate of drug-likeness (QED) is 0.423. The average Bonchev–Trinajstić information content (AvgIpc) is 3.15. The maximum Gasteiger partial charge on any atom is 0.134 e. The van der Waals surface area contributed by atoms with Gasteiger partial charge in [-0.1, -0.05) is 66.7 Å². The molecular formula is C23H15NO. The summed E-state index contributed by atoms with van der Waals surface area (Å²) in [5.41, 5.74) is 2.49. The second kappa shape index (κ2) is 6.51. The van der Waals surface area contributed by atoms with Crippen LogP contribution in [0.4, 0.5) is 0 Å². The number of nitrogens with zero attached hydrogens (tertiary/aromatic N) is 1. The number of hydrogen-bond donors (Lipinski definition) is 0. The minimum atomic E-state index is 0.583. The van der Waals surface area contributed by atoms with Crippen molar-refractivity contribution in [1.82, 2.24) is 0 Å². The van der Waals surface area contributed by atoms with Gasteiger partial charge in [-0.05, 0) is 40.6 Å². The van der Waals surface area contributed by atoms with Crippen LogP contribution in [0.3, 0.4) is 0 Å². The molecule has 4 aromatic rings. The standard InChI is InChI=1S/C23H15NO/c24-16-21(20-11-10-17-6-4-5-9-19(17)14-20)15-22-12-13-23(25-22)18-7-2-1-3-8-18/h1-15H/b21-15-. The largest absolute Gasteiger partial charge is 0.457 e. The lowest BCUT2D eigenvalue weighted by atomic mass is 10.0. The number of fused-ring (bicyclic) bond motifs is 1. The maximum atomic E-state index is 9.58. The molecule has 4 rings (SSSR count). The van der Waals surface area contributed by atoms with Crippen LogP contribution in [0.2, 0.25) is 0 Å². The van der Waals surface area contributed by atoms with Gasteiger partial charge in [-0.3, -0.25) is 0 Å². The van der Waals surface area contributed by atoms with Crippen LogP contribution in [0, 0.1) is 11.3 Å². The van der Waals surface area contributed by atoms with Gasteiger partial charge < -0.3 is 4.42 Å². The third-order valence-electron chi connectivity index (χ3n) is 4.15. The molecule has 0 saturated heterocycles. The van der Waals surface area contributed by atoms with Crippen molar-refractivity contribution >= 4 is 22.4 Å². The van der Waals surface area contributed by atoms with Gasteiger partial charge in [-0.25, -0.2) is 0 Å². The van der Waals surface area contributed by atoms with E-state index in [1.54, 1.807) is 6.08 Å². The summed E-state index contributed by atoms with van der Waals surface area (Å²) in [5.74, 6) is 1.46. The van der Waals surface area contributed by atoms with Crippen LogP contribution in [-0.4, -0.2) is 0 Å². The number of benzene rings is 3. The zero-order valence-electron chi connectivity index (χ0n) is 13.5. The van der Waals surface area contributed by atoms with E-state index in [1.165, 1.54) is 0 Å². The Morgan fingerprint density at radius 1 is 0.800 bits per heavy atom. The number of hydrogen-bond acceptors (Lipinski definition) is 2. The fourth-order valence-corrected chi connectivity index (χ4v) is 2.87. The first kappa shape index (κ1) is 15.0. The number of furan rings is 1. The maximum absolute atomic E-state index is 9.58. The molecule has 3 aromatic carbocycles. The summed E-state index contributed by atoms with van der Waals surface area (Å²) >= 11 is 0. The SMILES string of the molecule is N#C/C(=C/c1ccc(-c2ccccc2)o1)c1ccc2ccccc2c1. The highest BCUT2D eigenvalue weighted by Crippen LogP contribution is 2.26. The number of allylic oxidation sites excluding steroid dienone is 1. The Hall–Kier alpha value is -3.57. The van der Waals surface area contributed by atoms with Crippen molar-refractivity contribution in [1.29, 1.82) is 5.26 Å². The number of rotatable bonds is 3. The second-order valence-corrected chi connectivity index (χ2v) is 5.80. The van der Waals surface area contributed by atoms with Gasteiger partial charge in [0.15, 0.2) is 0 Å². The van der Waals surface area contributed by atoms with Gasteiger partial charge in [-0.15, -0.1) is 0 Å². The van der Waals surface area contributed by atoms with E-state index < -0.39 is 0 Å². The van der Waals surface area contributed by atoms with E-state index in [2.05, 4.69) is 12.1 Å². The van der Waals surface area contributed by atoms with Crippen LogP contribution in [0.15, 0.2) is 89.3 Å². The van der Waals surface area contributed by atoms with Crippen LogP contribution in [0.5, 0.6) is 0 Å². The minimum Gasteiger partial charge on any atom is -0.457 e.